The van der Waals surface area contributed by atoms with Crippen LogP contribution in [0.25, 0.3) is 0 Å². The Labute approximate surface area is 131 Å². The van der Waals surface area contributed by atoms with Crippen LogP contribution in [0.15, 0.2) is 24.3 Å². The Morgan fingerprint density at radius 3 is 2.00 bits per heavy atom. The largest absolute Gasteiger partial charge is 0.469 e. The third-order valence-corrected chi connectivity index (χ3v) is 5.68. The van der Waals surface area contributed by atoms with Crippen LogP contribution in [-0.4, -0.2) is 19.0 Å². The van der Waals surface area contributed by atoms with Crippen molar-refractivity contribution in [3.63, 3.8) is 0 Å². The molecule has 118 valence electrons. The number of carbonyl (C=O) groups is 2. The average molecular weight is 301 g/mol. The molecule has 0 radical (unpaired) electrons. The highest BCUT2D eigenvalue weighted by molar-refractivity contribution is 5.88. The van der Waals surface area contributed by atoms with Gasteiger partial charge < -0.3 is 10.1 Å². The number of esters is 1. The van der Waals surface area contributed by atoms with Crippen molar-refractivity contribution in [2.45, 2.75) is 50.9 Å². The number of hydrogen-bond donors (Lipinski definition) is 1. The molecule has 0 aromatic heterocycles. The van der Waals surface area contributed by atoms with Gasteiger partial charge in [0.2, 0.25) is 5.91 Å². The minimum atomic E-state index is -0.230. The number of fused-ring (bicyclic) bond motifs is 3. The number of amides is 1. The van der Waals surface area contributed by atoms with Crippen molar-refractivity contribution in [3.8, 4) is 0 Å². The van der Waals surface area contributed by atoms with Crippen molar-refractivity contribution in [1.82, 2.24) is 0 Å². The maximum absolute atomic E-state index is 12.1. The molecule has 0 heterocycles. The van der Waals surface area contributed by atoms with Crippen LogP contribution in [0.4, 0.5) is 5.69 Å². The quantitative estimate of drug-likeness (QED) is 0.870. The lowest BCUT2D eigenvalue weighted by atomic mass is 9.52. The Morgan fingerprint density at radius 1 is 1.00 bits per heavy atom. The van der Waals surface area contributed by atoms with Crippen molar-refractivity contribution >= 4 is 17.6 Å². The van der Waals surface area contributed by atoms with Gasteiger partial charge in [-0.25, -0.2) is 0 Å². The summed E-state index contributed by atoms with van der Waals surface area (Å²) in [5.74, 6) is -0.0779. The van der Waals surface area contributed by atoms with E-state index in [-0.39, 0.29) is 22.7 Å². The number of benzene rings is 1. The standard InChI is InChI=1S/C18H23NO3/c1-13(20)19-15-5-3-14(4-6-15)17-7-10-18(11-8-17,12-9-17)16(21)22-2/h3-6H,7-12H2,1-2H3,(H,19,20). The smallest absolute Gasteiger partial charge is 0.311 e. The topological polar surface area (TPSA) is 55.4 Å². The Morgan fingerprint density at radius 2 is 1.55 bits per heavy atom. The molecule has 2 bridgehead atoms. The normalized spacial score (nSPS) is 29.9. The Kier molecular flexibility index (Phi) is 3.71. The van der Waals surface area contributed by atoms with Gasteiger partial charge in [0, 0.05) is 12.6 Å². The average Bonchev–Trinajstić information content (AvgIpc) is 2.56. The lowest BCUT2D eigenvalue weighted by Gasteiger charge is -2.52. The number of nitrogens with one attached hydrogen (secondary N) is 1. The van der Waals surface area contributed by atoms with Crippen molar-refractivity contribution in [2.75, 3.05) is 12.4 Å². The summed E-state index contributed by atoms with van der Waals surface area (Å²) in [6.07, 6.45) is 5.90. The highest BCUT2D eigenvalue weighted by Crippen LogP contribution is 2.58. The van der Waals surface area contributed by atoms with Gasteiger partial charge in [-0.3, -0.25) is 9.59 Å². The van der Waals surface area contributed by atoms with E-state index in [4.69, 9.17) is 4.74 Å². The summed E-state index contributed by atoms with van der Waals surface area (Å²) >= 11 is 0. The molecule has 3 saturated carbocycles. The third kappa shape index (κ3) is 2.40. The van der Waals surface area contributed by atoms with Crippen LogP contribution in [0.2, 0.25) is 0 Å². The molecule has 0 unspecified atom stereocenters. The van der Waals surface area contributed by atoms with Gasteiger partial charge in [0.1, 0.15) is 0 Å². The molecule has 3 aliphatic rings. The first-order valence-corrected chi connectivity index (χ1v) is 7.96. The lowest BCUT2D eigenvalue weighted by Crippen LogP contribution is -2.48. The van der Waals surface area contributed by atoms with E-state index >= 15 is 0 Å². The van der Waals surface area contributed by atoms with Crippen LogP contribution in [0.1, 0.15) is 51.0 Å². The molecule has 1 amide bonds. The molecule has 1 N–H and O–H groups in total. The first-order valence-electron chi connectivity index (χ1n) is 7.96. The molecule has 0 spiro atoms. The maximum Gasteiger partial charge on any atom is 0.311 e. The van der Waals surface area contributed by atoms with E-state index in [0.29, 0.717) is 0 Å². The molecule has 0 saturated heterocycles. The fraction of sp³-hybridized carbons (Fsp3) is 0.556. The van der Waals surface area contributed by atoms with E-state index in [9.17, 15) is 9.59 Å². The highest BCUT2D eigenvalue weighted by Gasteiger charge is 2.53. The van der Waals surface area contributed by atoms with Crippen molar-refractivity contribution in [2.24, 2.45) is 5.41 Å². The molecule has 22 heavy (non-hydrogen) atoms. The molecule has 4 nitrogen and oxygen atoms in total. The summed E-state index contributed by atoms with van der Waals surface area (Å²) in [6.45, 7) is 1.52. The van der Waals surface area contributed by atoms with Crippen molar-refractivity contribution in [1.29, 1.82) is 0 Å². The number of ether oxygens (including phenoxy) is 1. The SMILES string of the molecule is COC(=O)C12CCC(c3ccc(NC(C)=O)cc3)(CC1)CC2. The zero-order valence-corrected chi connectivity index (χ0v) is 13.3. The fourth-order valence-corrected chi connectivity index (χ4v) is 4.25. The number of anilines is 1. The first-order chi connectivity index (χ1) is 10.5. The highest BCUT2D eigenvalue weighted by atomic mass is 16.5. The number of methoxy groups -OCH3 is 1. The molecule has 1 aromatic rings. The molecular weight excluding hydrogens is 278 g/mol. The summed E-state index contributed by atoms with van der Waals surface area (Å²) in [7, 11) is 1.49. The zero-order valence-electron chi connectivity index (χ0n) is 13.3. The van der Waals surface area contributed by atoms with E-state index in [2.05, 4.69) is 17.4 Å². The number of hydrogen-bond acceptors (Lipinski definition) is 3. The van der Waals surface area contributed by atoms with Gasteiger partial charge in [-0.1, -0.05) is 12.1 Å². The summed E-state index contributed by atoms with van der Waals surface area (Å²) in [5.41, 5.74) is 2.14. The van der Waals surface area contributed by atoms with Crippen LogP contribution < -0.4 is 5.32 Å². The van der Waals surface area contributed by atoms with Gasteiger partial charge >= 0.3 is 5.97 Å². The van der Waals surface area contributed by atoms with Gasteiger partial charge in [0.25, 0.3) is 0 Å². The molecule has 1 aromatic carbocycles. The van der Waals surface area contributed by atoms with Gasteiger partial charge in [-0.05, 0) is 61.6 Å². The van der Waals surface area contributed by atoms with Crippen molar-refractivity contribution in [3.05, 3.63) is 29.8 Å². The Balaban J connectivity index is 1.77. The zero-order chi connectivity index (χ0) is 15.8. The van der Waals surface area contributed by atoms with Gasteiger partial charge in [-0.15, -0.1) is 0 Å². The molecule has 4 rings (SSSR count). The molecule has 3 aliphatic carbocycles. The minimum absolute atomic E-state index is 0.0261. The summed E-state index contributed by atoms with van der Waals surface area (Å²) in [4.78, 5) is 23.2. The van der Waals surface area contributed by atoms with E-state index in [1.807, 2.05) is 12.1 Å². The van der Waals surface area contributed by atoms with Crippen LogP contribution in [0, 0.1) is 5.41 Å². The predicted octanol–water partition coefficient (Wildman–Crippen LogP) is 3.41. The molecule has 0 aliphatic heterocycles. The lowest BCUT2D eigenvalue weighted by molar-refractivity contribution is -0.160. The second-order valence-electron chi connectivity index (χ2n) is 6.81. The fourth-order valence-electron chi connectivity index (χ4n) is 4.25. The minimum Gasteiger partial charge on any atom is -0.469 e. The van der Waals surface area contributed by atoms with Gasteiger partial charge in [-0.2, -0.15) is 0 Å². The predicted molar refractivity (Wildman–Crippen MR) is 84.6 cm³/mol. The number of carbonyl (C=O) groups excluding carboxylic acids is 2. The van der Waals surface area contributed by atoms with Crippen LogP contribution in [-0.2, 0) is 19.7 Å². The first kappa shape index (κ1) is 15.1. The second kappa shape index (κ2) is 5.41. The second-order valence-corrected chi connectivity index (χ2v) is 6.81. The van der Waals surface area contributed by atoms with E-state index in [1.54, 1.807) is 0 Å². The Bertz CT molecular complexity index is 566. The van der Waals surface area contributed by atoms with Gasteiger partial charge in [0.15, 0.2) is 0 Å². The van der Waals surface area contributed by atoms with Gasteiger partial charge in [0.05, 0.1) is 12.5 Å². The van der Waals surface area contributed by atoms with E-state index < -0.39 is 0 Å². The molecule has 3 fully saturated rings. The third-order valence-electron chi connectivity index (χ3n) is 5.68. The Hall–Kier alpha value is -1.84. The summed E-state index contributed by atoms with van der Waals surface area (Å²) < 4.78 is 5.02. The number of rotatable bonds is 3. The van der Waals surface area contributed by atoms with E-state index in [0.717, 1.165) is 44.2 Å². The van der Waals surface area contributed by atoms with Crippen LogP contribution in [0.5, 0.6) is 0 Å². The molecular formula is C18H23NO3. The van der Waals surface area contributed by atoms with Crippen LogP contribution in [0.3, 0.4) is 0 Å². The monoisotopic (exact) mass is 301 g/mol. The summed E-state index contributed by atoms with van der Waals surface area (Å²) in [6, 6.07) is 8.20. The van der Waals surface area contributed by atoms with Crippen molar-refractivity contribution < 1.29 is 14.3 Å². The maximum atomic E-state index is 12.1. The van der Waals surface area contributed by atoms with Crippen LogP contribution >= 0.6 is 0 Å². The molecule has 4 heteroatoms. The summed E-state index contributed by atoms with van der Waals surface area (Å²) in [5, 5.41) is 2.80. The van der Waals surface area contributed by atoms with E-state index in [1.165, 1.54) is 19.6 Å². The molecule has 0 atom stereocenters.